The molecular formula is C9H15N5. The summed E-state index contributed by atoms with van der Waals surface area (Å²) in [6, 6.07) is 0. The Morgan fingerprint density at radius 1 is 1.43 bits per heavy atom. The van der Waals surface area contributed by atoms with Crippen LogP contribution >= 0.6 is 0 Å². The minimum absolute atomic E-state index is 0.524. The SMILES string of the molecule is NCC1CNc2nnc(C3CC3)n2C1. The molecule has 0 amide bonds. The summed E-state index contributed by atoms with van der Waals surface area (Å²) >= 11 is 0. The minimum atomic E-state index is 0.524. The molecule has 3 N–H and O–H groups in total. The molecule has 0 spiro atoms. The fourth-order valence-electron chi connectivity index (χ4n) is 1.99. The fraction of sp³-hybridized carbons (Fsp3) is 0.778. The van der Waals surface area contributed by atoms with E-state index >= 15 is 0 Å². The lowest BCUT2D eigenvalue weighted by atomic mass is 10.1. The molecule has 1 aliphatic carbocycles. The summed E-state index contributed by atoms with van der Waals surface area (Å²) < 4.78 is 2.21. The van der Waals surface area contributed by atoms with Gasteiger partial charge in [-0.15, -0.1) is 10.2 Å². The van der Waals surface area contributed by atoms with Crippen LogP contribution < -0.4 is 11.1 Å². The first-order chi connectivity index (χ1) is 6.88. The topological polar surface area (TPSA) is 68.8 Å². The molecule has 5 heteroatoms. The maximum atomic E-state index is 5.68. The van der Waals surface area contributed by atoms with Crippen molar-refractivity contribution < 1.29 is 0 Å². The highest BCUT2D eigenvalue weighted by atomic mass is 15.4. The molecule has 1 aromatic rings. The highest BCUT2D eigenvalue weighted by Gasteiger charge is 2.32. The van der Waals surface area contributed by atoms with Crippen LogP contribution in [0.3, 0.4) is 0 Å². The summed E-state index contributed by atoms with van der Waals surface area (Å²) in [6.07, 6.45) is 2.54. The molecule has 1 saturated carbocycles. The lowest BCUT2D eigenvalue weighted by Gasteiger charge is -2.24. The molecule has 1 fully saturated rings. The molecule has 0 saturated heterocycles. The molecule has 0 radical (unpaired) electrons. The van der Waals surface area contributed by atoms with Crippen molar-refractivity contribution in [1.29, 1.82) is 0 Å². The van der Waals surface area contributed by atoms with Crippen molar-refractivity contribution in [3.63, 3.8) is 0 Å². The molecule has 1 unspecified atom stereocenters. The van der Waals surface area contributed by atoms with Gasteiger partial charge in [0.05, 0.1) is 0 Å². The Hall–Kier alpha value is -1.10. The molecule has 1 aliphatic heterocycles. The van der Waals surface area contributed by atoms with Gasteiger partial charge >= 0.3 is 0 Å². The smallest absolute Gasteiger partial charge is 0.224 e. The van der Waals surface area contributed by atoms with Gasteiger partial charge in [-0.05, 0) is 19.4 Å². The van der Waals surface area contributed by atoms with Gasteiger partial charge in [0.15, 0.2) is 0 Å². The summed E-state index contributed by atoms with van der Waals surface area (Å²) in [5.74, 6) is 3.27. The second-order valence-corrected chi connectivity index (χ2v) is 4.25. The van der Waals surface area contributed by atoms with Crippen molar-refractivity contribution >= 4 is 5.95 Å². The van der Waals surface area contributed by atoms with Crippen LogP contribution in [0.5, 0.6) is 0 Å². The Bertz CT molecular complexity index is 341. The van der Waals surface area contributed by atoms with Crippen molar-refractivity contribution in [3.8, 4) is 0 Å². The van der Waals surface area contributed by atoms with E-state index in [1.54, 1.807) is 0 Å². The van der Waals surface area contributed by atoms with Crippen LogP contribution in [0, 0.1) is 5.92 Å². The van der Waals surface area contributed by atoms with Gasteiger partial charge in [0.2, 0.25) is 5.95 Å². The van der Waals surface area contributed by atoms with E-state index < -0.39 is 0 Å². The van der Waals surface area contributed by atoms with Crippen molar-refractivity contribution in [2.45, 2.75) is 25.3 Å². The number of aromatic nitrogens is 3. The molecular weight excluding hydrogens is 178 g/mol. The van der Waals surface area contributed by atoms with Gasteiger partial charge in [0, 0.05) is 24.9 Å². The predicted molar refractivity (Wildman–Crippen MR) is 53.0 cm³/mol. The van der Waals surface area contributed by atoms with Gasteiger partial charge < -0.3 is 11.1 Å². The van der Waals surface area contributed by atoms with Crippen molar-refractivity contribution in [1.82, 2.24) is 14.8 Å². The fourth-order valence-corrected chi connectivity index (χ4v) is 1.99. The number of nitrogens with one attached hydrogen (secondary N) is 1. The number of anilines is 1. The third-order valence-electron chi connectivity index (χ3n) is 3.04. The molecule has 5 nitrogen and oxygen atoms in total. The van der Waals surface area contributed by atoms with Crippen LogP contribution in [0.1, 0.15) is 24.6 Å². The van der Waals surface area contributed by atoms with Gasteiger partial charge in [0.1, 0.15) is 5.82 Å². The zero-order valence-corrected chi connectivity index (χ0v) is 8.11. The standard InChI is InChI=1S/C9H15N5/c10-3-6-4-11-9-13-12-8(7-1-2-7)14(9)5-6/h6-7H,1-5,10H2,(H,11,13). The Morgan fingerprint density at radius 3 is 3.00 bits per heavy atom. The van der Waals surface area contributed by atoms with Gasteiger partial charge in [-0.3, -0.25) is 4.57 Å². The first-order valence-electron chi connectivity index (χ1n) is 5.25. The third-order valence-corrected chi connectivity index (χ3v) is 3.04. The van der Waals surface area contributed by atoms with Crippen LogP contribution in [0.15, 0.2) is 0 Å². The number of hydrogen-bond donors (Lipinski definition) is 2. The molecule has 0 bridgehead atoms. The number of hydrogen-bond acceptors (Lipinski definition) is 4. The van der Waals surface area contributed by atoms with Crippen LogP contribution in [0.4, 0.5) is 5.95 Å². The molecule has 2 aliphatic rings. The first-order valence-corrected chi connectivity index (χ1v) is 5.25. The van der Waals surface area contributed by atoms with E-state index in [1.807, 2.05) is 0 Å². The molecule has 3 rings (SSSR count). The summed E-state index contributed by atoms with van der Waals surface area (Å²) in [7, 11) is 0. The van der Waals surface area contributed by atoms with E-state index in [0.29, 0.717) is 11.8 Å². The number of fused-ring (bicyclic) bond motifs is 1. The summed E-state index contributed by atoms with van der Waals surface area (Å²) in [4.78, 5) is 0. The third kappa shape index (κ3) is 1.19. The molecule has 76 valence electrons. The van der Waals surface area contributed by atoms with Crippen molar-refractivity contribution in [3.05, 3.63) is 5.82 Å². The summed E-state index contributed by atoms with van der Waals surface area (Å²) in [5, 5.41) is 11.7. The second-order valence-electron chi connectivity index (χ2n) is 4.25. The summed E-state index contributed by atoms with van der Waals surface area (Å²) in [5.41, 5.74) is 5.68. The van der Waals surface area contributed by atoms with Crippen molar-refractivity contribution in [2.75, 3.05) is 18.4 Å². The zero-order chi connectivity index (χ0) is 9.54. The zero-order valence-electron chi connectivity index (χ0n) is 8.11. The van der Waals surface area contributed by atoms with E-state index in [0.717, 1.165) is 31.4 Å². The Balaban J connectivity index is 1.91. The van der Waals surface area contributed by atoms with Gasteiger partial charge in [-0.25, -0.2) is 0 Å². The molecule has 14 heavy (non-hydrogen) atoms. The Labute approximate surface area is 82.7 Å². The molecule has 2 heterocycles. The molecule has 1 atom stereocenters. The van der Waals surface area contributed by atoms with Crippen molar-refractivity contribution in [2.24, 2.45) is 11.7 Å². The monoisotopic (exact) mass is 193 g/mol. The first kappa shape index (κ1) is 8.23. The normalized spacial score (nSPS) is 25.6. The van der Waals surface area contributed by atoms with Gasteiger partial charge in [-0.1, -0.05) is 0 Å². The van der Waals surface area contributed by atoms with E-state index in [-0.39, 0.29) is 0 Å². The average Bonchev–Trinajstić information content (AvgIpc) is 2.98. The minimum Gasteiger partial charge on any atom is -0.354 e. The van der Waals surface area contributed by atoms with Crippen LogP contribution in [-0.4, -0.2) is 27.9 Å². The molecule has 1 aromatic heterocycles. The van der Waals surface area contributed by atoms with Crippen LogP contribution in [-0.2, 0) is 6.54 Å². The van der Waals surface area contributed by atoms with Crippen LogP contribution in [0.25, 0.3) is 0 Å². The predicted octanol–water partition coefficient (Wildman–Crippen LogP) is 0.156. The van der Waals surface area contributed by atoms with Gasteiger partial charge in [-0.2, -0.15) is 0 Å². The highest BCUT2D eigenvalue weighted by molar-refractivity contribution is 5.30. The van der Waals surface area contributed by atoms with Crippen LogP contribution in [0.2, 0.25) is 0 Å². The number of rotatable bonds is 2. The molecule has 0 aromatic carbocycles. The van der Waals surface area contributed by atoms with E-state index in [1.165, 1.54) is 12.8 Å². The largest absolute Gasteiger partial charge is 0.354 e. The number of nitrogens with two attached hydrogens (primary N) is 1. The van der Waals surface area contributed by atoms with Gasteiger partial charge in [0.25, 0.3) is 0 Å². The quantitative estimate of drug-likeness (QED) is 0.702. The van der Waals surface area contributed by atoms with E-state index in [2.05, 4.69) is 20.1 Å². The maximum absolute atomic E-state index is 5.68. The average molecular weight is 193 g/mol. The maximum Gasteiger partial charge on any atom is 0.224 e. The summed E-state index contributed by atoms with van der Waals surface area (Å²) in [6.45, 7) is 2.64. The Kier molecular flexibility index (Phi) is 1.73. The lowest BCUT2D eigenvalue weighted by molar-refractivity contribution is 0.440. The number of nitrogens with zero attached hydrogens (tertiary/aromatic N) is 3. The Morgan fingerprint density at radius 2 is 2.29 bits per heavy atom. The second kappa shape index (κ2) is 2.95. The highest BCUT2D eigenvalue weighted by Crippen LogP contribution is 2.40. The lowest BCUT2D eigenvalue weighted by Crippen LogP contribution is -2.33. The van der Waals surface area contributed by atoms with E-state index in [4.69, 9.17) is 5.73 Å². The van der Waals surface area contributed by atoms with E-state index in [9.17, 15) is 0 Å².